The summed E-state index contributed by atoms with van der Waals surface area (Å²) in [6, 6.07) is 0.486. The zero-order valence-electron chi connectivity index (χ0n) is 11.1. The number of aromatic nitrogens is 4. The molecule has 19 heavy (non-hydrogen) atoms. The summed E-state index contributed by atoms with van der Waals surface area (Å²) in [6.45, 7) is 2.23. The number of likely N-dealkylation sites (tertiary alicyclic amines) is 1. The maximum Gasteiger partial charge on any atom is 0.226 e. The Labute approximate surface area is 116 Å². The van der Waals surface area contributed by atoms with Gasteiger partial charge < -0.3 is 9.80 Å². The zero-order valence-corrected chi connectivity index (χ0v) is 11.9. The van der Waals surface area contributed by atoms with Gasteiger partial charge in [-0.3, -0.25) is 5.10 Å². The van der Waals surface area contributed by atoms with E-state index in [9.17, 15) is 0 Å². The molecule has 0 unspecified atom stereocenters. The van der Waals surface area contributed by atoms with Crippen LogP contribution in [0.25, 0.3) is 11.0 Å². The molecule has 0 radical (unpaired) electrons. The largest absolute Gasteiger partial charge is 0.356 e. The highest BCUT2D eigenvalue weighted by molar-refractivity contribution is 6.28. The van der Waals surface area contributed by atoms with E-state index in [-0.39, 0.29) is 5.28 Å². The molecule has 1 fully saturated rings. The van der Waals surface area contributed by atoms with Crippen molar-refractivity contribution in [2.45, 2.75) is 18.9 Å². The fourth-order valence-corrected chi connectivity index (χ4v) is 2.78. The summed E-state index contributed by atoms with van der Waals surface area (Å²) in [4.78, 5) is 13.1. The van der Waals surface area contributed by atoms with Crippen molar-refractivity contribution in [2.75, 3.05) is 32.1 Å². The quantitative estimate of drug-likeness (QED) is 0.846. The Morgan fingerprint density at radius 2 is 2.11 bits per heavy atom. The van der Waals surface area contributed by atoms with Crippen LogP contribution in [0.15, 0.2) is 6.20 Å². The van der Waals surface area contributed by atoms with Crippen molar-refractivity contribution in [3.05, 3.63) is 11.5 Å². The highest BCUT2D eigenvalue weighted by Gasteiger charge is 2.23. The number of nitrogens with one attached hydrogen (secondary N) is 1. The second kappa shape index (κ2) is 4.94. The highest BCUT2D eigenvalue weighted by Crippen LogP contribution is 2.27. The van der Waals surface area contributed by atoms with Gasteiger partial charge in [0, 0.05) is 13.1 Å². The molecule has 3 rings (SSSR count). The van der Waals surface area contributed by atoms with Gasteiger partial charge in [-0.25, -0.2) is 0 Å². The molecule has 2 aromatic rings. The van der Waals surface area contributed by atoms with Crippen molar-refractivity contribution < 1.29 is 0 Å². The minimum atomic E-state index is 0.256. The summed E-state index contributed by atoms with van der Waals surface area (Å²) in [5.74, 6) is 0.860. The van der Waals surface area contributed by atoms with Gasteiger partial charge in [0.2, 0.25) is 5.28 Å². The van der Waals surface area contributed by atoms with Gasteiger partial charge in [-0.2, -0.15) is 15.1 Å². The van der Waals surface area contributed by atoms with Gasteiger partial charge in [0.15, 0.2) is 5.65 Å². The minimum absolute atomic E-state index is 0.256. The Kier molecular flexibility index (Phi) is 3.28. The molecule has 6 nitrogen and oxygen atoms in total. The van der Waals surface area contributed by atoms with Gasteiger partial charge in [-0.15, -0.1) is 0 Å². The second-order valence-electron chi connectivity index (χ2n) is 5.09. The van der Waals surface area contributed by atoms with Crippen LogP contribution < -0.4 is 4.90 Å². The highest BCUT2D eigenvalue weighted by atomic mass is 35.5. The Hall–Kier alpha value is -1.40. The van der Waals surface area contributed by atoms with Crippen LogP contribution in [-0.2, 0) is 0 Å². The topological polar surface area (TPSA) is 60.9 Å². The number of aromatic amines is 1. The lowest BCUT2D eigenvalue weighted by Gasteiger charge is -2.35. The Morgan fingerprint density at radius 1 is 1.37 bits per heavy atom. The summed E-state index contributed by atoms with van der Waals surface area (Å²) < 4.78 is 0. The normalized spacial score (nSPS) is 18.1. The van der Waals surface area contributed by atoms with E-state index in [1.54, 1.807) is 6.20 Å². The van der Waals surface area contributed by atoms with Crippen LogP contribution in [0.5, 0.6) is 0 Å². The van der Waals surface area contributed by atoms with Crippen LogP contribution in [0.3, 0.4) is 0 Å². The van der Waals surface area contributed by atoms with Gasteiger partial charge in [0.05, 0.1) is 11.6 Å². The average molecular weight is 281 g/mol. The fourth-order valence-electron chi connectivity index (χ4n) is 2.62. The lowest BCUT2D eigenvalue weighted by atomic mass is 10.0. The summed E-state index contributed by atoms with van der Waals surface area (Å²) in [6.07, 6.45) is 4.02. The maximum absolute atomic E-state index is 5.98. The predicted molar refractivity (Wildman–Crippen MR) is 75.6 cm³/mol. The molecule has 0 bridgehead atoms. The van der Waals surface area contributed by atoms with E-state index in [1.807, 2.05) is 0 Å². The smallest absolute Gasteiger partial charge is 0.226 e. The number of H-pyrrole nitrogens is 1. The van der Waals surface area contributed by atoms with Crippen LogP contribution >= 0.6 is 11.6 Å². The molecule has 0 amide bonds. The molecule has 0 saturated carbocycles. The van der Waals surface area contributed by atoms with E-state index in [2.05, 4.69) is 44.1 Å². The first-order valence-electron chi connectivity index (χ1n) is 6.43. The van der Waals surface area contributed by atoms with E-state index in [0.717, 1.165) is 37.1 Å². The van der Waals surface area contributed by atoms with Crippen molar-refractivity contribution in [2.24, 2.45) is 0 Å². The second-order valence-corrected chi connectivity index (χ2v) is 5.43. The van der Waals surface area contributed by atoms with Crippen molar-refractivity contribution in [3.63, 3.8) is 0 Å². The first kappa shape index (κ1) is 12.6. The molecule has 3 heterocycles. The van der Waals surface area contributed by atoms with Crippen molar-refractivity contribution in [1.82, 2.24) is 25.1 Å². The Morgan fingerprint density at radius 3 is 2.84 bits per heavy atom. The van der Waals surface area contributed by atoms with Crippen LogP contribution in [0.4, 0.5) is 5.82 Å². The van der Waals surface area contributed by atoms with E-state index in [0.29, 0.717) is 11.7 Å². The Balaban J connectivity index is 1.92. The number of hydrogen-bond acceptors (Lipinski definition) is 5. The molecule has 0 spiro atoms. The summed E-state index contributed by atoms with van der Waals surface area (Å²) in [7, 11) is 4.23. The number of fused-ring (bicyclic) bond motifs is 1. The third-order valence-electron chi connectivity index (χ3n) is 3.83. The third-order valence-corrected chi connectivity index (χ3v) is 4.00. The molecular formula is C12H17ClN6. The fraction of sp³-hybridized carbons (Fsp3) is 0.583. The average Bonchev–Trinajstić information content (AvgIpc) is 2.85. The molecule has 7 heteroatoms. The molecule has 2 aromatic heterocycles. The number of halogens is 1. The van der Waals surface area contributed by atoms with E-state index < -0.39 is 0 Å². The molecule has 0 atom stereocenters. The van der Waals surface area contributed by atoms with Gasteiger partial charge >= 0.3 is 0 Å². The summed E-state index contributed by atoms with van der Waals surface area (Å²) in [5.41, 5.74) is 0.690. The lowest BCUT2D eigenvalue weighted by Crippen LogP contribution is -2.42. The van der Waals surface area contributed by atoms with Crippen LogP contribution in [0.2, 0.25) is 5.28 Å². The lowest BCUT2D eigenvalue weighted by molar-refractivity contribution is 0.252. The van der Waals surface area contributed by atoms with E-state index in [4.69, 9.17) is 11.6 Å². The monoisotopic (exact) mass is 280 g/mol. The number of anilines is 1. The molecule has 0 aliphatic carbocycles. The van der Waals surface area contributed by atoms with Crippen molar-refractivity contribution in [1.29, 1.82) is 0 Å². The molecule has 1 saturated heterocycles. The number of nitrogens with zero attached hydrogens (tertiary/aromatic N) is 5. The first-order chi connectivity index (χ1) is 9.15. The van der Waals surface area contributed by atoms with E-state index >= 15 is 0 Å². The summed E-state index contributed by atoms with van der Waals surface area (Å²) >= 11 is 5.98. The maximum atomic E-state index is 5.98. The van der Waals surface area contributed by atoms with Gasteiger partial charge in [0.25, 0.3) is 0 Å². The van der Waals surface area contributed by atoms with Crippen molar-refractivity contribution >= 4 is 28.5 Å². The number of piperidine rings is 1. The Bertz CT molecular complexity index is 575. The summed E-state index contributed by atoms with van der Waals surface area (Å²) in [5, 5.41) is 8.04. The third kappa shape index (κ3) is 2.37. The van der Waals surface area contributed by atoms with Crippen molar-refractivity contribution in [3.8, 4) is 0 Å². The first-order valence-corrected chi connectivity index (χ1v) is 6.81. The molecule has 1 aliphatic heterocycles. The number of hydrogen-bond donors (Lipinski definition) is 1. The minimum Gasteiger partial charge on any atom is -0.356 e. The van der Waals surface area contributed by atoms with Gasteiger partial charge in [0.1, 0.15) is 5.82 Å². The molecular weight excluding hydrogens is 264 g/mol. The molecule has 102 valence electrons. The molecule has 1 aliphatic rings. The van der Waals surface area contributed by atoms with E-state index in [1.165, 1.54) is 0 Å². The van der Waals surface area contributed by atoms with Gasteiger partial charge in [-0.05, 0) is 44.6 Å². The molecule has 0 aromatic carbocycles. The van der Waals surface area contributed by atoms with Crippen LogP contribution in [-0.4, -0.2) is 58.3 Å². The van der Waals surface area contributed by atoms with Crippen LogP contribution in [0.1, 0.15) is 12.8 Å². The standard InChI is InChI=1S/C12H17ClN6/c1-18-5-3-8(4-6-18)19(2)11-9-7-14-17-10(9)15-12(13)16-11/h7-8H,3-6H2,1-2H3,(H,14,15,16,17). The zero-order chi connectivity index (χ0) is 13.4. The van der Waals surface area contributed by atoms with Crippen LogP contribution in [0, 0.1) is 0 Å². The SMILES string of the molecule is CN1CCC(N(C)c2nc(Cl)nc3[nH]ncc23)CC1. The predicted octanol–water partition coefficient (Wildman–Crippen LogP) is 1.54. The number of rotatable bonds is 2. The van der Waals surface area contributed by atoms with Gasteiger partial charge in [-0.1, -0.05) is 0 Å². The molecule has 1 N–H and O–H groups in total.